The average molecular weight is 1120 g/mol. The van der Waals surface area contributed by atoms with Gasteiger partial charge < -0.3 is 4.98 Å². The Balaban J connectivity index is 0.000000405. The molecule has 0 radical (unpaired) electrons. The number of hydrogen-bond acceptors (Lipinski definition) is 21. The van der Waals surface area contributed by atoms with Crippen LogP contribution in [0.5, 0.6) is 0 Å². The van der Waals surface area contributed by atoms with E-state index in [0.717, 1.165) is 33.1 Å². The minimum atomic E-state index is 0.473. The van der Waals surface area contributed by atoms with Gasteiger partial charge in [0.2, 0.25) is 0 Å². The van der Waals surface area contributed by atoms with E-state index in [-0.39, 0.29) is 0 Å². The first-order valence-corrected chi connectivity index (χ1v) is 29.7. The number of nitrogens with one attached hydrogen (secondary N) is 2. The Kier molecular flexibility index (Phi) is 35.5. The lowest BCUT2D eigenvalue weighted by atomic mass is 10.2. The van der Waals surface area contributed by atoms with Crippen molar-refractivity contribution in [2.24, 2.45) is 0 Å². The molecular weight excluding hydrogens is 1040 g/mol. The van der Waals surface area contributed by atoms with Gasteiger partial charge in [-0.1, -0.05) is 140 Å². The predicted molar refractivity (Wildman–Crippen MR) is 308 cm³/mol. The zero-order valence-corrected chi connectivity index (χ0v) is 51.0. The van der Waals surface area contributed by atoms with E-state index in [1.807, 2.05) is 40.8 Å². The van der Waals surface area contributed by atoms with Crippen molar-refractivity contribution in [2.75, 3.05) is 0 Å². The lowest BCUT2D eigenvalue weighted by Gasteiger charge is -1.95. The molecule has 0 aliphatic rings. The fraction of sp³-hybridized carbons (Fsp3) is 0.551. The molecule has 0 bridgehead atoms. The number of imidazole rings is 1. The van der Waals surface area contributed by atoms with Gasteiger partial charge in [-0.15, -0.1) is 54.4 Å². The summed E-state index contributed by atoms with van der Waals surface area (Å²) in [5, 5.41) is 31.6. The number of H-pyrrole nitrogens is 2. The summed E-state index contributed by atoms with van der Waals surface area (Å²) in [5.74, 6) is 6.99. The van der Waals surface area contributed by atoms with Gasteiger partial charge in [0, 0.05) is 62.3 Å². The van der Waals surface area contributed by atoms with Crippen LogP contribution in [0.25, 0.3) is 0 Å². The number of hydrogen-bond donors (Lipinski definition) is 2. The molecule has 0 amide bonds. The Hall–Kier alpha value is -4.52. The molecule has 0 aliphatic heterocycles. The van der Waals surface area contributed by atoms with E-state index < -0.39 is 0 Å². The van der Waals surface area contributed by atoms with Crippen LogP contribution in [0, 0.1) is 0 Å². The van der Waals surface area contributed by atoms with Crippen molar-refractivity contribution in [2.45, 2.75) is 178 Å². The Labute approximate surface area is 457 Å². The van der Waals surface area contributed by atoms with Gasteiger partial charge in [-0.25, -0.2) is 15.0 Å². The second-order valence-electron chi connectivity index (χ2n) is 18.2. The van der Waals surface area contributed by atoms with Crippen LogP contribution in [0.3, 0.4) is 0 Å². The van der Waals surface area contributed by atoms with Gasteiger partial charge in [0.25, 0.3) is 0 Å². The lowest BCUT2D eigenvalue weighted by molar-refractivity contribution is 0.794. The van der Waals surface area contributed by atoms with Crippen LogP contribution in [-0.4, -0.2) is 78.4 Å². The highest BCUT2D eigenvalue weighted by Crippen LogP contribution is 2.20. The third kappa shape index (κ3) is 30.5. The highest BCUT2D eigenvalue weighted by molar-refractivity contribution is 7.10. The van der Waals surface area contributed by atoms with E-state index >= 15 is 0 Å². The molecule has 2 N–H and O–H groups in total. The highest BCUT2D eigenvalue weighted by atomic mass is 32.1. The van der Waals surface area contributed by atoms with Crippen LogP contribution in [0.4, 0.5) is 0 Å². The maximum Gasteiger partial charge on any atom is 0.144 e. The molecule has 0 saturated heterocycles. The van der Waals surface area contributed by atoms with Crippen molar-refractivity contribution < 1.29 is 0 Å². The number of aromatic nitrogens is 16. The standard InChI is InChI=1S/C7H10S.C6H10N2.C6H9NS.C5H9N3.5C5H8N2S/c1-6(2)7-4-3-5-8-7;1-5(2)6-7-3-4-8-6;1-5(2)6-3-7-4-8-6;1-4(2)5-3-6-8-7-5;1-4(2)5-7-6-3-8-5;1-4(2)5-6-3-8-7-5;1-4(2)5-6-3-7-8-5;1-4(2)5-3-8-7-6-5;1-4(2)5-3-6-7-8-5/h3-6H,1-2H3;3-5H,1-2H3,(H,7,8);3-5H,1-2H3;3-4H,1-2H3,(H,6,7,8);5*3-4H,1-2H3. The van der Waals surface area contributed by atoms with Gasteiger partial charge in [0.15, 0.2) is 0 Å². The lowest BCUT2D eigenvalue weighted by Crippen LogP contribution is -1.87. The second-order valence-corrected chi connectivity index (χ2v) is 23.8. The van der Waals surface area contributed by atoms with E-state index in [1.165, 1.54) is 60.8 Å². The van der Waals surface area contributed by atoms with Crippen molar-refractivity contribution in [3.63, 3.8) is 0 Å². The molecule has 9 rings (SSSR count). The molecule has 396 valence electrons. The summed E-state index contributed by atoms with van der Waals surface area (Å²) in [6, 6.07) is 4.27. The molecule has 9 aromatic heterocycles. The monoisotopic (exact) mass is 1110 g/mol. The van der Waals surface area contributed by atoms with Crippen LogP contribution in [0.15, 0.2) is 76.7 Å². The molecule has 9 heterocycles. The summed E-state index contributed by atoms with van der Waals surface area (Å²) in [6.07, 6.45) is 10.7. The number of thiophene rings is 1. The van der Waals surface area contributed by atoms with E-state index in [1.54, 1.807) is 52.4 Å². The van der Waals surface area contributed by atoms with E-state index in [4.69, 9.17) is 0 Å². The maximum atomic E-state index is 4.06. The van der Waals surface area contributed by atoms with E-state index in [2.05, 4.69) is 221 Å². The number of thiazole rings is 1. The van der Waals surface area contributed by atoms with Crippen LogP contribution < -0.4 is 0 Å². The van der Waals surface area contributed by atoms with Crippen molar-refractivity contribution in [3.05, 3.63) is 124 Å². The van der Waals surface area contributed by atoms with Crippen molar-refractivity contribution in [1.29, 1.82) is 0 Å². The highest BCUT2D eigenvalue weighted by Gasteiger charge is 2.03. The summed E-state index contributed by atoms with van der Waals surface area (Å²) < 4.78 is 15.4. The van der Waals surface area contributed by atoms with Gasteiger partial charge in [-0.3, -0.25) is 4.98 Å². The zero-order valence-electron chi connectivity index (χ0n) is 45.3. The number of nitrogens with zero attached hydrogens (tertiary/aromatic N) is 14. The van der Waals surface area contributed by atoms with Gasteiger partial charge in [-0.2, -0.15) is 24.2 Å². The molecule has 0 aliphatic carbocycles. The summed E-state index contributed by atoms with van der Waals surface area (Å²) in [4.78, 5) is 23.2. The van der Waals surface area contributed by atoms with Crippen LogP contribution in [0.2, 0.25) is 0 Å². The fourth-order valence-electron chi connectivity index (χ4n) is 4.37. The quantitative estimate of drug-likeness (QED) is 0.138. The first-order chi connectivity index (χ1) is 34.2. The normalized spacial score (nSPS) is 10.4. The molecule has 0 unspecified atom stereocenters. The minimum Gasteiger partial charge on any atom is -0.348 e. The van der Waals surface area contributed by atoms with Gasteiger partial charge in [0.1, 0.15) is 39.0 Å². The summed E-state index contributed by atoms with van der Waals surface area (Å²) in [6.45, 7) is 38.3. The maximum absolute atomic E-state index is 4.06. The first-order valence-electron chi connectivity index (χ1n) is 23.8. The van der Waals surface area contributed by atoms with Gasteiger partial charge in [-0.05, 0) is 87.2 Å². The van der Waals surface area contributed by atoms with Gasteiger partial charge in [0.05, 0.1) is 29.3 Å². The largest absolute Gasteiger partial charge is 0.348 e. The molecule has 72 heavy (non-hydrogen) atoms. The molecule has 0 aromatic carbocycles. The fourth-order valence-corrected chi connectivity index (χ4v) is 8.50. The zero-order chi connectivity index (χ0) is 53.8. The third-order valence-electron chi connectivity index (χ3n) is 8.78. The predicted octanol–water partition coefficient (Wildman–Crippen LogP) is 15.9. The molecule has 23 heteroatoms. The van der Waals surface area contributed by atoms with Crippen LogP contribution in [-0.2, 0) is 0 Å². The third-order valence-corrected chi connectivity index (χ3v) is 15.0. The molecular formula is C49H78N16S7. The van der Waals surface area contributed by atoms with Gasteiger partial charge >= 0.3 is 0 Å². The second kappa shape index (κ2) is 39.0. The summed E-state index contributed by atoms with van der Waals surface area (Å²) in [5.41, 5.74) is 7.50. The van der Waals surface area contributed by atoms with Crippen molar-refractivity contribution >= 4 is 80.1 Å². The van der Waals surface area contributed by atoms with Crippen LogP contribution >= 0.6 is 80.1 Å². The molecule has 0 saturated carbocycles. The molecule has 0 atom stereocenters. The van der Waals surface area contributed by atoms with E-state index in [9.17, 15) is 0 Å². The Bertz CT molecular complexity index is 1850. The molecule has 0 fully saturated rings. The Morgan fingerprint density at radius 3 is 1.46 bits per heavy atom. The minimum absolute atomic E-state index is 0.473. The SMILES string of the molecule is CC(C)c1cccs1.CC(C)c1cn[nH]n1.CC(C)c1cncs1.CC(C)c1cnns1.CC(C)c1csnn1.CC(C)c1ncc[nH]1.CC(C)c1ncns1.CC(C)c1ncsn1.CC(C)c1nncs1. The average Bonchev–Trinajstić information content (AvgIpc) is 4.22. The molecule has 9 aromatic rings. The summed E-state index contributed by atoms with van der Waals surface area (Å²) in [7, 11) is 0. The Morgan fingerprint density at radius 1 is 0.514 bits per heavy atom. The first kappa shape index (κ1) is 65.5. The van der Waals surface area contributed by atoms with Crippen LogP contribution in [0.1, 0.15) is 226 Å². The number of aromatic amines is 2. The van der Waals surface area contributed by atoms with Crippen molar-refractivity contribution in [1.82, 2.24) is 78.4 Å². The van der Waals surface area contributed by atoms with E-state index in [0.29, 0.717) is 53.3 Å². The topological polar surface area (TPSA) is 212 Å². The summed E-state index contributed by atoms with van der Waals surface area (Å²) >= 11 is 10.9. The van der Waals surface area contributed by atoms with Crippen molar-refractivity contribution in [3.8, 4) is 0 Å². The smallest absolute Gasteiger partial charge is 0.144 e. The Morgan fingerprint density at radius 2 is 1.21 bits per heavy atom. The molecule has 16 nitrogen and oxygen atoms in total. The number of rotatable bonds is 9. The molecule has 0 spiro atoms.